The van der Waals surface area contributed by atoms with E-state index in [2.05, 4.69) is 5.32 Å². The highest BCUT2D eigenvalue weighted by Crippen LogP contribution is 2.22. The lowest BCUT2D eigenvalue weighted by Crippen LogP contribution is -2.47. The van der Waals surface area contributed by atoms with Crippen molar-refractivity contribution in [1.82, 2.24) is 5.32 Å². The van der Waals surface area contributed by atoms with Gasteiger partial charge in [-0.1, -0.05) is 18.2 Å². The molecule has 1 atom stereocenters. The first-order valence-electron chi connectivity index (χ1n) is 6.84. The van der Waals surface area contributed by atoms with Crippen LogP contribution in [0, 0.1) is 13.8 Å². The fourth-order valence-electron chi connectivity index (χ4n) is 2.32. The molecular formula is C15H23NO3. The maximum atomic E-state index is 9.88. The number of aryl methyl sites for hydroxylation is 2. The van der Waals surface area contributed by atoms with Gasteiger partial charge in [-0.3, -0.25) is 0 Å². The lowest BCUT2D eigenvalue weighted by Gasteiger charge is -2.32. The second-order valence-electron chi connectivity index (χ2n) is 5.42. The summed E-state index contributed by atoms with van der Waals surface area (Å²) in [5.41, 5.74) is 2.17. The molecule has 1 unspecified atom stereocenters. The molecule has 106 valence electrons. The summed E-state index contributed by atoms with van der Waals surface area (Å²) in [5, 5.41) is 22.3. The van der Waals surface area contributed by atoms with E-state index in [0.717, 1.165) is 29.7 Å². The molecule has 2 rings (SSSR count). The summed E-state index contributed by atoms with van der Waals surface area (Å²) in [6.45, 7) is 4.79. The van der Waals surface area contributed by atoms with E-state index < -0.39 is 6.10 Å². The van der Waals surface area contributed by atoms with Crippen LogP contribution >= 0.6 is 0 Å². The Bertz CT molecular complexity index is 396. The first-order valence-corrected chi connectivity index (χ1v) is 6.84. The smallest absolute Gasteiger partial charge is 0.125 e. The van der Waals surface area contributed by atoms with E-state index in [9.17, 15) is 5.11 Å². The van der Waals surface area contributed by atoms with Gasteiger partial charge in [0.2, 0.25) is 0 Å². The largest absolute Gasteiger partial charge is 0.490 e. The molecule has 0 saturated heterocycles. The maximum Gasteiger partial charge on any atom is 0.125 e. The predicted octanol–water partition coefficient (Wildman–Crippen LogP) is 1.16. The van der Waals surface area contributed by atoms with Crippen molar-refractivity contribution in [3.05, 3.63) is 29.3 Å². The van der Waals surface area contributed by atoms with Crippen LogP contribution in [0.25, 0.3) is 0 Å². The van der Waals surface area contributed by atoms with Crippen molar-refractivity contribution in [2.45, 2.75) is 44.9 Å². The molecule has 0 radical (unpaired) electrons. The van der Waals surface area contributed by atoms with E-state index in [4.69, 9.17) is 9.84 Å². The molecule has 1 saturated carbocycles. The number of benzene rings is 1. The number of ether oxygens (including phenoxy) is 1. The molecule has 0 spiro atoms. The number of aliphatic hydroxyl groups is 2. The van der Waals surface area contributed by atoms with Crippen LogP contribution in [-0.4, -0.2) is 41.6 Å². The summed E-state index contributed by atoms with van der Waals surface area (Å²) in [6, 6.07) is 6.34. The van der Waals surface area contributed by atoms with Gasteiger partial charge >= 0.3 is 0 Å². The summed E-state index contributed by atoms with van der Waals surface area (Å²) in [5.74, 6) is 0.862. The van der Waals surface area contributed by atoms with Crippen LogP contribution in [-0.2, 0) is 0 Å². The normalized spacial score (nSPS) is 23.8. The molecule has 3 N–H and O–H groups in total. The number of para-hydroxylation sites is 1. The van der Waals surface area contributed by atoms with Crippen LogP contribution in [0.3, 0.4) is 0 Å². The molecule has 1 aromatic carbocycles. The van der Waals surface area contributed by atoms with E-state index in [0.29, 0.717) is 12.6 Å². The minimum atomic E-state index is -0.531. The topological polar surface area (TPSA) is 61.7 Å². The molecule has 0 bridgehead atoms. The lowest BCUT2D eigenvalue weighted by molar-refractivity contribution is 0.0486. The Morgan fingerprint density at radius 1 is 1.32 bits per heavy atom. The third-order valence-electron chi connectivity index (χ3n) is 3.58. The van der Waals surface area contributed by atoms with Gasteiger partial charge in [-0.05, 0) is 37.8 Å². The molecule has 0 heterocycles. The van der Waals surface area contributed by atoms with Crippen LogP contribution in [0.4, 0.5) is 0 Å². The van der Waals surface area contributed by atoms with Crippen molar-refractivity contribution in [3.8, 4) is 5.75 Å². The zero-order chi connectivity index (χ0) is 13.8. The fourth-order valence-corrected chi connectivity index (χ4v) is 2.32. The van der Waals surface area contributed by atoms with Gasteiger partial charge in [0.25, 0.3) is 0 Å². The molecule has 0 aromatic heterocycles. The molecule has 19 heavy (non-hydrogen) atoms. The maximum absolute atomic E-state index is 9.88. The Kier molecular flexibility index (Phi) is 4.80. The van der Waals surface area contributed by atoms with E-state index >= 15 is 0 Å². The van der Waals surface area contributed by atoms with Gasteiger partial charge in [0.05, 0.1) is 6.10 Å². The van der Waals surface area contributed by atoms with Gasteiger partial charge in [0.15, 0.2) is 0 Å². The summed E-state index contributed by atoms with van der Waals surface area (Å²) in [7, 11) is 0. The van der Waals surface area contributed by atoms with Crippen LogP contribution < -0.4 is 10.1 Å². The quantitative estimate of drug-likeness (QED) is 0.722. The van der Waals surface area contributed by atoms with E-state index in [1.54, 1.807) is 0 Å². The molecule has 1 fully saturated rings. The minimum Gasteiger partial charge on any atom is -0.490 e. The monoisotopic (exact) mass is 265 g/mol. The third-order valence-corrected chi connectivity index (χ3v) is 3.58. The second-order valence-corrected chi connectivity index (χ2v) is 5.42. The number of aliphatic hydroxyl groups excluding tert-OH is 2. The molecule has 4 nitrogen and oxygen atoms in total. The number of hydrogen-bond acceptors (Lipinski definition) is 4. The molecule has 1 aliphatic rings. The summed E-state index contributed by atoms with van der Waals surface area (Å²) in [6.07, 6.45) is 0.867. The zero-order valence-corrected chi connectivity index (χ0v) is 11.6. The highest BCUT2D eigenvalue weighted by molar-refractivity contribution is 5.39. The van der Waals surface area contributed by atoms with Gasteiger partial charge in [-0.2, -0.15) is 0 Å². The van der Waals surface area contributed by atoms with Crippen molar-refractivity contribution in [1.29, 1.82) is 0 Å². The van der Waals surface area contributed by atoms with E-state index in [-0.39, 0.29) is 12.7 Å². The Balaban J connectivity index is 1.72. The Morgan fingerprint density at radius 3 is 2.53 bits per heavy atom. The Labute approximate surface area is 114 Å². The fraction of sp³-hybridized carbons (Fsp3) is 0.600. The summed E-state index contributed by atoms with van der Waals surface area (Å²) >= 11 is 0. The summed E-state index contributed by atoms with van der Waals surface area (Å²) < 4.78 is 5.70. The first kappa shape index (κ1) is 14.3. The third kappa shape index (κ3) is 3.93. The van der Waals surface area contributed by atoms with Gasteiger partial charge in [0, 0.05) is 12.6 Å². The predicted molar refractivity (Wildman–Crippen MR) is 74.4 cm³/mol. The van der Waals surface area contributed by atoms with Crippen molar-refractivity contribution in [2.75, 3.05) is 13.2 Å². The van der Waals surface area contributed by atoms with Gasteiger partial charge in [-0.15, -0.1) is 0 Å². The molecular weight excluding hydrogens is 242 g/mol. The Morgan fingerprint density at radius 2 is 1.95 bits per heavy atom. The van der Waals surface area contributed by atoms with Crippen molar-refractivity contribution in [2.24, 2.45) is 0 Å². The average Bonchev–Trinajstić information content (AvgIpc) is 2.32. The van der Waals surface area contributed by atoms with E-state index in [1.165, 1.54) is 0 Å². The van der Waals surface area contributed by atoms with Crippen LogP contribution in [0.15, 0.2) is 18.2 Å². The van der Waals surface area contributed by atoms with Crippen LogP contribution in [0.2, 0.25) is 0 Å². The van der Waals surface area contributed by atoms with E-state index in [1.807, 2.05) is 32.0 Å². The number of nitrogens with one attached hydrogen (secondary N) is 1. The molecule has 4 heteroatoms. The summed E-state index contributed by atoms with van der Waals surface area (Å²) in [4.78, 5) is 0. The highest BCUT2D eigenvalue weighted by Gasteiger charge is 2.26. The average molecular weight is 265 g/mol. The first-order chi connectivity index (χ1) is 9.06. The SMILES string of the molecule is Cc1cccc(C)c1OCC(O)CNC1CC(O)C1. The van der Waals surface area contributed by atoms with Gasteiger partial charge in [0.1, 0.15) is 18.5 Å². The Hall–Kier alpha value is -1.10. The molecule has 0 aliphatic heterocycles. The van der Waals surface area contributed by atoms with Gasteiger partial charge < -0.3 is 20.3 Å². The number of rotatable bonds is 6. The highest BCUT2D eigenvalue weighted by atomic mass is 16.5. The lowest BCUT2D eigenvalue weighted by atomic mass is 9.89. The van der Waals surface area contributed by atoms with Crippen molar-refractivity contribution < 1.29 is 14.9 Å². The van der Waals surface area contributed by atoms with Crippen LogP contribution in [0.1, 0.15) is 24.0 Å². The molecule has 0 amide bonds. The second kappa shape index (κ2) is 6.37. The van der Waals surface area contributed by atoms with Crippen LogP contribution in [0.5, 0.6) is 5.75 Å². The molecule has 1 aromatic rings. The van der Waals surface area contributed by atoms with Crippen molar-refractivity contribution in [3.63, 3.8) is 0 Å². The minimum absolute atomic E-state index is 0.166. The molecule has 1 aliphatic carbocycles. The standard InChI is InChI=1S/C15H23NO3/c1-10-4-3-5-11(2)15(10)19-9-14(18)8-16-12-6-13(17)7-12/h3-5,12-14,16-18H,6-9H2,1-2H3. The van der Waals surface area contributed by atoms with Gasteiger partial charge in [-0.25, -0.2) is 0 Å². The van der Waals surface area contributed by atoms with Crippen molar-refractivity contribution >= 4 is 0 Å². The number of hydrogen-bond donors (Lipinski definition) is 3. The zero-order valence-electron chi connectivity index (χ0n) is 11.6.